The Morgan fingerprint density at radius 2 is 2.04 bits per heavy atom. The first-order chi connectivity index (χ1) is 12.2. The summed E-state index contributed by atoms with van der Waals surface area (Å²) in [7, 11) is -1.57. The van der Waals surface area contributed by atoms with Gasteiger partial charge in [-0.25, -0.2) is 17.9 Å². The van der Waals surface area contributed by atoms with Crippen LogP contribution in [0.3, 0.4) is 0 Å². The summed E-state index contributed by atoms with van der Waals surface area (Å²) < 4.78 is 29.5. The van der Waals surface area contributed by atoms with Gasteiger partial charge in [0.15, 0.2) is 6.61 Å². The summed E-state index contributed by atoms with van der Waals surface area (Å²) in [5.41, 5.74) is 1.03. The van der Waals surface area contributed by atoms with E-state index in [1.165, 1.54) is 16.2 Å². The molecule has 1 amide bonds. The van der Waals surface area contributed by atoms with Crippen LogP contribution in [0.25, 0.3) is 0 Å². The Kier molecular flexibility index (Phi) is 7.33. The van der Waals surface area contributed by atoms with E-state index in [1.807, 2.05) is 16.8 Å². The molecule has 26 heavy (non-hydrogen) atoms. The smallest absolute Gasteiger partial charge is 0.348 e. The predicted molar refractivity (Wildman–Crippen MR) is 102 cm³/mol. The van der Waals surface area contributed by atoms with Crippen molar-refractivity contribution in [2.24, 2.45) is 0 Å². The molecule has 1 N–H and O–H groups in total. The average molecular weight is 417 g/mol. The quantitative estimate of drug-likeness (QED) is 0.628. The van der Waals surface area contributed by atoms with E-state index < -0.39 is 16.0 Å². The van der Waals surface area contributed by atoms with E-state index in [0.29, 0.717) is 17.8 Å². The zero-order chi connectivity index (χ0) is 19.2. The Bertz CT molecular complexity index is 843. The number of likely N-dealkylation sites (N-methyl/N-ethyl adjacent to an activating group) is 1. The van der Waals surface area contributed by atoms with Crippen LogP contribution in [0.2, 0.25) is 0 Å². The number of carbonyl (C=O) groups excluding carboxylic acids is 2. The molecule has 142 valence electrons. The molecule has 7 nitrogen and oxygen atoms in total. The van der Waals surface area contributed by atoms with Gasteiger partial charge in [-0.2, -0.15) is 11.3 Å². The Morgan fingerprint density at radius 3 is 2.69 bits per heavy atom. The van der Waals surface area contributed by atoms with Crippen LogP contribution in [-0.2, 0) is 32.5 Å². The third kappa shape index (κ3) is 6.87. The summed E-state index contributed by atoms with van der Waals surface area (Å²) in [5.74, 6) is -0.840. The number of nitrogens with zero attached hydrogens (tertiary/aromatic N) is 1. The third-order valence-corrected chi connectivity index (χ3v) is 5.94. The number of hydrogen-bond acceptors (Lipinski definition) is 7. The number of carbonyl (C=O) groups is 2. The van der Waals surface area contributed by atoms with E-state index in [-0.39, 0.29) is 19.1 Å². The average Bonchev–Trinajstić information content (AvgIpc) is 3.22. The summed E-state index contributed by atoms with van der Waals surface area (Å²) >= 11 is 2.78. The third-order valence-electron chi connectivity index (χ3n) is 3.35. The Labute approximate surface area is 160 Å². The highest BCUT2D eigenvalue weighted by molar-refractivity contribution is 7.88. The standard InChI is InChI=1S/C16H20N2O5S3/c1-18(9-12-6-8-24-11-12)15(19)10-23-16(20)14-4-3-13(25-14)5-7-17-26(2,21)22/h3-4,6,8,11,17H,5,7,9-10H2,1-2H3. The van der Waals surface area contributed by atoms with Crippen LogP contribution in [-0.4, -0.2) is 51.6 Å². The fraction of sp³-hybridized carbons (Fsp3) is 0.375. The molecule has 0 aliphatic rings. The van der Waals surface area contributed by atoms with Gasteiger partial charge >= 0.3 is 5.97 Å². The van der Waals surface area contributed by atoms with Gasteiger partial charge in [-0.3, -0.25) is 4.79 Å². The molecule has 0 saturated carbocycles. The summed E-state index contributed by atoms with van der Waals surface area (Å²) in [6, 6.07) is 5.30. The second kappa shape index (κ2) is 9.26. The van der Waals surface area contributed by atoms with Crippen molar-refractivity contribution in [2.45, 2.75) is 13.0 Å². The van der Waals surface area contributed by atoms with Crippen molar-refractivity contribution in [3.63, 3.8) is 0 Å². The summed E-state index contributed by atoms with van der Waals surface area (Å²) in [6.07, 6.45) is 1.57. The lowest BCUT2D eigenvalue weighted by atomic mass is 10.3. The molecule has 0 aromatic carbocycles. The van der Waals surface area contributed by atoms with Gasteiger partial charge in [-0.15, -0.1) is 11.3 Å². The van der Waals surface area contributed by atoms with Crippen molar-refractivity contribution in [1.29, 1.82) is 0 Å². The number of ether oxygens (including phenoxy) is 1. The van der Waals surface area contributed by atoms with Crippen LogP contribution in [0.1, 0.15) is 20.1 Å². The van der Waals surface area contributed by atoms with Gasteiger partial charge in [-0.05, 0) is 40.9 Å². The van der Waals surface area contributed by atoms with Crippen molar-refractivity contribution in [3.05, 3.63) is 44.3 Å². The number of hydrogen-bond donors (Lipinski definition) is 1. The van der Waals surface area contributed by atoms with Crippen molar-refractivity contribution >= 4 is 44.6 Å². The lowest BCUT2D eigenvalue weighted by molar-refractivity contribution is -0.133. The molecule has 2 rings (SSSR count). The number of rotatable bonds is 9. The van der Waals surface area contributed by atoms with Crippen LogP contribution in [0, 0.1) is 0 Å². The number of nitrogens with one attached hydrogen (secondary N) is 1. The van der Waals surface area contributed by atoms with Gasteiger partial charge in [-0.1, -0.05) is 0 Å². The molecule has 2 aromatic rings. The summed E-state index contributed by atoms with van der Waals surface area (Å²) in [4.78, 5) is 26.8. The van der Waals surface area contributed by atoms with Crippen LogP contribution >= 0.6 is 22.7 Å². The fourth-order valence-electron chi connectivity index (χ4n) is 2.03. The molecule has 0 radical (unpaired) electrons. The van der Waals surface area contributed by atoms with E-state index in [1.54, 1.807) is 30.5 Å². The molecule has 0 unspecified atom stereocenters. The number of amides is 1. The second-order valence-corrected chi connectivity index (χ2v) is 9.42. The van der Waals surface area contributed by atoms with Gasteiger partial charge in [0, 0.05) is 25.0 Å². The van der Waals surface area contributed by atoms with Gasteiger partial charge < -0.3 is 9.64 Å². The maximum absolute atomic E-state index is 12.0. The Hall–Kier alpha value is -1.75. The summed E-state index contributed by atoms with van der Waals surface area (Å²) in [5, 5.41) is 3.90. The van der Waals surface area contributed by atoms with E-state index in [9.17, 15) is 18.0 Å². The molecule has 10 heteroatoms. The minimum Gasteiger partial charge on any atom is -0.451 e. The number of sulfonamides is 1. The first kappa shape index (κ1) is 20.6. The van der Waals surface area contributed by atoms with Gasteiger partial charge in [0.25, 0.3) is 5.91 Å². The van der Waals surface area contributed by atoms with Crippen LogP contribution in [0.4, 0.5) is 0 Å². The molecule has 0 atom stereocenters. The lowest BCUT2D eigenvalue weighted by Gasteiger charge is -2.16. The number of thiophene rings is 2. The van der Waals surface area contributed by atoms with Crippen LogP contribution in [0.5, 0.6) is 0 Å². The van der Waals surface area contributed by atoms with Gasteiger partial charge in [0.05, 0.1) is 6.26 Å². The molecule has 0 bridgehead atoms. The largest absolute Gasteiger partial charge is 0.451 e. The predicted octanol–water partition coefficient (Wildman–Crippen LogP) is 1.72. The normalized spacial score (nSPS) is 11.3. The molecule has 0 saturated heterocycles. The van der Waals surface area contributed by atoms with Crippen molar-refractivity contribution in [1.82, 2.24) is 9.62 Å². The fourth-order valence-corrected chi connectivity index (χ4v) is 4.07. The highest BCUT2D eigenvalue weighted by Crippen LogP contribution is 2.18. The molecular formula is C16H20N2O5S3. The SMILES string of the molecule is CN(Cc1ccsc1)C(=O)COC(=O)c1ccc(CCNS(C)(=O)=O)s1. The maximum atomic E-state index is 12.0. The summed E-state index contributed by atoms with van der Waals surface area (Å²) in [6.45, 7) is 0.415. The van der Waals surface area contributed by atoms with E-state index in [4.69, 9.17) is 4.74 Å². The van der Waals surface area contributed by atoms with E-state index in [2.05, 4.69) is 4.72 Å². The molecule has 2 aromatic heterocycles. The topological polar surface area (TPSA) is 92.8 Å². The molecule has 0 aliphatic carbocycles. The molecule has 0 aliphatic heterocycles. The van der Waals surface area contributed by atoms with Crippen LogP contribution in [0.15, 0.2) is 29.0 Å². The number of esters is 1. The van der Waals surface area contributed by atoms with Gasteiger partial charge in [0.2, 0.25) is 10.0 Å². The van der Waals surface area contributed by atoms with E-state index in [0.717, 1.165) is 16.7 Å². The second-order valence-electron chi connectivity index (χ2n) is 5.64. The lowest BCUT2D eigenvalue weighted by Crippen LogP contribution is -2.30. The Balaban J connectivity index is 1.77. The zero-order valence-electron chi connectivity index (χ0n) is 14.4. The molecule has 2 heterocycles. The molecule has 0 spiro atoms. The monoisotopic (exact) mass is 416 g/mol. The first-order valence-corrected chi connectivity index (χ1v) is 11.3. The highest BCUT2D eigenvalue weighted by atomic mass is 32.2. The van der Waals surface area contributed by atoms with Crippen molar-refractivity contribution < 1.29 is 22.7 Å². The van der Waals surface area contributed by atoms with E-state index >= 15 is 0 Å². The zero-order valence-corrected chi connectivity index (χ0v) is 16.9. The molecule has 0 fully saturated rings. The Morgan fingerprint density at radius 1 is 1.27 bits per heavy atom. The minimum absolute atomic E-state index is 0.264. The molecular weight excluding hydrogens is 396 g/mol. The minimum atomic E-state index is -3.23. The van der Waals surface area contributed by atoms with Crippen LogP contribution < -0.4 is 4.72 Å². The van der Waals surface area contributed by atoms with Crippen molar-refractivity contribution in [2.75, 3.05) is 26.5 Å². The van der Waals surface area contributed by atoms with Gasteiger partial charge in [0.1, 0.15) is 4.88 Å². The highest BCUT2D eigenvalue weighted by Gasteiger charge is 2.15. The first-order valence-electron chi connectivity index (χ1n) is 7.70. The maximum Gasteiger partial charge on any atom is 0.348 e. The van der Waals surface area contributed by atoms with Crippen molar-refractivity contribution in [3.8, 4) is 0 Å².